The number of ether oxygens (including phenoxy) is 4. The number of hydrogen-bond acceptors (Lipinski definition) is 10. The molecular weight excluding hydrogens is 350 g/mol. The van der Waals surface area contributed by atoms with Crippen molar-refractivity contribution >= 4 is 23.6 Å². The number of nitrogen functional groups attached to an aromatic ring is 1. The zero-order valence-electron chi connectivity index (χ0n) is 14.4. The van der Waals surface area contributed by atoms with Gasteiger partial charge in [-0.05, 0) is 0 Å². The molecule has 11 heteroatoms. The smallest absolute Gasteiger partial charge is 0.303 e. The van der Waals surface area contributed by atoms with Gasteiger partial charge < -0.3 is 24.7 Å². The summed E-state index contributed by atoms with van der Waals surface area (Å²) in [7, 11) is 0. The minimum atomic E-state index is -1.20. The quantitative estimate of drug-likeness (QED) is 0.513. The molecular formula is C15H19N3O8. The van der Waals surface area contributed by atoms with Crippen LogP contribution in [0.15, 0.2) is 17.1 Å². The van der Waals surface area contributed by atoms with Crippen molar-refractivity contribution in [1.82, 2.24) is 9.78 Å². The summed E-state index contributed by atoms with van der Waals surface area (Å²) in [6.45, 7) is 3.24. The Morgan fingerprint density at radius 2 is 1.77 bits per heavy atom. The van der Waals surface area contributed by atoms with Crippen molar-refractivity contribution in [1.29, 1.82) is 0 Å². The first-order valence-corrected chi connectivity index (χ1v) is 7.66. The van der Waals surface area contributed by atoms with Gasteiger partial charge in [0.15, 0.2) is 18.4 Å². The normalized spacial score (nSPS) is 24.7. The lowest BCUT2D eigenvalue weighted by Crippen LogP contribution is -2.42. The number of esters is 3. The van der Waals surface area contributed by atoms with E-state index in [0.29, 0.717) is 0 Å². The Morgan fingerprint density at radius 1 is 1.15 bits per heavy atom. The van der Waals surface area contributed by atoms with Gasteiger partial charge in [0.1, 0.15) is 12.7 Å². The van der Waals surface area contributed by atoms with Crippen LogP contribution >= 0.6 is 0 Å². The fourth-order valence-corrected chi connectivity index (χ4v) is 2.51. The number of rotatable bonds is 5. The highest BCUT2D eigenvalue weighted by atomic mass is 16.7. The van der Waals surface area contributed by atoms with Gasteiger partial charge in [0.2, 0.25) is 0 Å². The van der Waals surface area contributed by atoms with E-state index < -0.39 is 48.0 Å². The third kappa shape index (κ3) is 4.57. The van der Waals surface area contributed by atoms with Crippen LogP contribution in [0.4, 0.5) is 5.69 Å². The van der Waals surface area contributed by atoms with E-state index in [1.54, 1.807) is 0 Å². The largest absolute Gasteiger partial charge is 0.463 e. The maximum Gasteiger partial charge on any atom is 0.303 e. The third-order valence-electron chi connectivity index (χ3n) is 3.43. The summed E-state index contributed by atoms with van der Waals surface area (Å²) < 4.78 is 21.9. The molecule has 2 rings (SSSR count). The first-order chi connectivity index (χ1) is 12.2. The minimum absolute atomic E-state index is 0.140. The van der Waals surface area contributed by atoms with Gasteiger partial charge in [-0.25, -0.2) is 0 Å². The van der Waals surface area contributed by atoms with Gasteiger partial charge in [0.05, 0.1) is 11.9 Å². The minimum Gasteiger partial charge on any atom is -0.463 e. The van der Waals surface area contributed by atoms with Crippen LogP contribution in [0.3, 0.4) is 0 Å². The number of nitrogens with two attached hydrogens (primary N) is 1. The Morgan fingerprint density at radius 3 is 2.31 bits per heavy atom. The Hall–Kier alpha value is -2.95. The molecule has 1 aliphatic heterocycles. The number of carbonyl (C=O) groups is 3. The summed E-state index contributed by atoms with van der Waals surface area (Å²) >= 11 is 0. The maximum absolute atomic E-state index is 12.2. The number of hydrogen-bond donors (Lipinski definition) is 1. The summed E-state index contributed by atoms with van der Waals surface area (Å²) in [5.41, 5.74) is 5.04. The van der Waals surface area contributed by atoms with Gasteiger partial charge in [0, 0.05) is 26.8 Å². The molecule has 0 aromatic carbocycles. The topological polar surface area (TPSA) is 149 Å². The molecule has 0 saturated carbocycles. The lowest BCUT2D eigenvalue weighted by molar-refractivity contribution is -0.166. The summed E-state index contributed by atoms with van der Waals surface area (Å²) in [5.74, 6) is -1.93. The van der Waals surface area contributed by atoms with Gasteiger partial charge in [-0.1, -0.05) is 0 Å². The molecule has 2 N–H and O–H groups in total. The molecule has 1 aliphatic rings. The highest BCUT2D eigenvalue weighted by Crippen LogP contribution is 2.33. The van der Waals surface area contributed by atoms with Crippen molar-refractivity contribution in [3.8, 4) is 0 Å². The fourth-order valence-electron chi connectivity index (χ4n) is 2.51. The van der Waals surface area contributed by atoms with Crippen LogP contribution < -0.4 is 11.3 Å². The van der Waals surface area contributed by atoms with E-state index in [9.17, 15) is 19.2 Å². The van der Waals surface area contributed by atoms with Crippen molar-refractivity contribution in [2.24, 2.45) is 0 Å². The van der Waals surface area contributed by atoms with E-state index in [-0.39, 0.29) is 12.3 Å². The van der Waals surface area contributed by atoms with Crippen molar-refractivity contribution < 1.29 is 33.3 Å². The van der Waals surface area contributed by atoms with Crippen LogP contribution in [0.1, 0.15) is 27.0 Å². The fraction of sp³-hybridized carbons (Fsp3) is 0.533. The van der Waals surface area contributed by atoms with Crippen LogP contribution in [-0.4, -0.2) is 52.6 Å². The molecule has 1 aromatic heterocycles. The predicted molar refractivity (Wildman–Crippen MR) is 84.6 cm³/mol. The molecule has 0 amide bonds. The van der Waals surface area contributed by atoms with Gasteiger partial charge in [-0.15, -0.1) is 0 Å². The molecule has 0 aliphatic carbocycles. The van der Waals surface area contributed by atoms with Crippen LogP contribution in [0, 0.1) is 0 Å². The Labute approximate surface area is 147 Å². The van der Waals surface area contributed by atoms with Gasteiger partial charge in [-0.2, -0.15) is 9.78 Å². The van der Waals surface area contributed by atoms with E-state index >= 15 is 0 Å². The van der Waals surface area contributed by atoms with Crippen molar-refractivity contribution in [2.45, 2.75) is 45.3 Å². The van der Waals surface area contributed by atoms with Crippen LogP contribution in [-0.2, 0) is 33.3 Å². The summed E-state index contributed by atoms with van der Waals surface area (Å²) in [6, 6.07) is 1.11. The van der Waals surface area contributed by atoms with E-state index in [0.717, 1.165) is 24.6 Å². The molecule has 1 fully saturated rings. The maximum atomic E-state index is 12.2. The second-order valence-corrected chi connectivity index (χ2v) is 5.59. The van der Waals surface area contributed by atoms with Crippen molar-refractivity contribution in [3.63, 3.8) is 0 Å². The van der Waals surface area contributed by atoms with E-state index in [1.165, 1.54) is 13.1 Å². The monoisotopic (exact) mass is 369 g/mol. The van der Waals surface area contributed by atoms with Gasteiger partial charge >= 0.3 is 17.9 Å². The van der Waals surface area contributed by atoms with Gasteiger partial charge in [-0.3, -0.25) is 19.2 Å². The van der Waals surface area contributed by atoms with Crippen LogP contribution in [0.5, 0.6) is 0 Å². The molecule has 26 heavy (non-hydrogen) atoms. The van der Waals surface area contributed by atoms with Crippen molar-refractivity contribution in [2.75, 3.05) is 12.3 Å². The second kappa shape index (κ2) is 7.95. The lowest BCUT2D eigenvalue weighted by Gasteiger charge is -2.23. The highest BCUT2D eigenvalue weighted by Gasteiger charge is 2.51. The molecule has 0 spiro atoms. The van der Waals surface area contributed by atoms with E-state index in [4.69, 9.17) is 24.7 Å². The Bertz CT molecular complexity index is 762. The predicted octanol–water partition coefficient (Wildman–Crippen LogP) is -0.851. The Balaban J connectivity index is 2.40. The standard InChI is InChI=1S/C15H19N3O8/c1-7(19)23-6-11-13(24-8(2)20)14(25-9(3)21)15(26-11)18-12(22)4-10(16)5-17-18/h4-5,11,13-15H,6,16H2,1-3H3/t11-,13-,14-,15-/m1/s1. The van der Waals surface area contributed by atoms with Crippen LogP contribution in [0.2, 0.25) is 0 Å². The molecule has 142 valence electrons. The number of carbonyl (C=O) groups excluding carboxylic acids is 3. The van der Waals surface area contributed by atoms with Crippen molar-refractivity contribution in [3.05, 3.63) is 22.6 Å². The zero-order chi connectivity index (χ0) is 19.4. The van der Waals surface area contributed by atoms with E-state index in [1.807, 2.05) is 0 Å². The molecule has 1 aromatic rings. The highest BCUT2D eigenvalue weighted by molar-refractivity contribution is 5.68. The summed E-state index contributed by atoms with van der Waals surface area (Å²) in [4.78, 5) is 46.2. The first-order valence-electron chi connectivity index (χ1n) is 7.66. The van der Waals surface area contributed by atoms with E-state index in [2.05, 4.69) is 5.10 Å². The average molecular weight is 369 g/mol. The number of aromatic nitrogens is 2. The number of nitrogens with zero attached hydrogens (tertiary/aromatic N) is 2. The first kappa shape index (κ1) is 19.4. The summed E-state index contributed by atoms with van der Waals surface area (Å²) in [6.07, 6.45) is -3.23. The molecule has 0 bridgehead atoms. The Kier molecular flexibility index (Phi) is 5.93. The molecule has 1 saturated heterocycles. The molecule has 0 radical (unpaired) electrons. The second-order valence-electron chi connectivity index (χ2n) is 5.59. The molecule has 0 unspecified atom stereocenters. The molecule has 11 nitrogen and oxygen atoms in total. The van der Waals surface area contributed by atoms with Gasteiger partial charge in [0.25, 0.3) is 5.56 Å². The summed E-state index contributed by atoms with van der Waals surface area (Å²) in [5, 5.41) is 3.88. The lowest BCUT2D eigenvalue weighted by atomic mass is 10.1. The van der Waals surface area contributed by atoms with Crippen LogP contribution in [0.25, 0.3) is 0 Å². The SMILES string of the molecule is CC(=O)OC[C@H]1O[C@@H](n2ncc(N)cc2=O)[C@H](OC(C)=O)[C@@H]1OC(C)=O. The molecule has 2 heterocycles. The number of anilines is 1. The average Bonchev–Trinajstić information content (AvgIpc) is 2.82. The molecule has 4 atom stereocenters. The zero-order valence-corrected chi connectivity index (χ0v) is 14.4. The third-order valence-corrected chi connectivity index (χ3v) is 3.43.